The maximum Gasteiger partial charge on any atom is 0.108 e. The van der Waals surface area contributed by atoms with Gasteiger partial charge in [-0.15, -0.1) is 48.8 Å². The first kappa shape index (κ1) is 26.3. The molecule has 0 atom stereocenters. The van der Waals surface area contributed by atoms with Crippen LogP contribution in [0.1, 0.15) is 75.3 Å². The van der Waals surface area contributed by atoms with Crippen LogP contribution in [0.15, 0.2) is 32.0 Å². The van der Waals surface area contributed by atoms with Crippen molar-refractivity contribution in [3.8, 4) is 0 Å². The average molecular weight is 595 g/mol. The highest BCUT2D eigenvalue weighted by Crippen LogP contribution is 2.52. The van der Waals surface area contributed by atoms with Crippen molar-refractivity contribution in [2.45, 2.75) is 114 Å². The molecule has 1 N–H and O–H groups in total. The molecule has 0 aromatic carbocycles. The van der Waals surface area contributed by atoms with Gasteiger partial charge < -0.3 is 14.2 Å². The molecule has 2 aliphatic heterocycles. The van der Waals surface area contributed by atoms with Gasteiger partial charge in [-0.3, -0.25) is 0 Å². The molecule has 2 fully saturated rings. The molecule has 194 valence electrons. The molecule has 0 saturated heterocycles. The van der Waals surface area contributed by atoms with Crippen molar-refractivity contribution in [3.05, 3.63) is 32.5 Å². The molecule has 4 heterocycles. The maximum atomic E-state index is 10.8. The SMILES string of the molecule is OC(CCCC1(n2c(S)c3c(cc2=S)SCC3)CC1)CCCC1(n2c(S)c3c(cc2=S)SCC3)CC1. The number of aromatic nitrogens is 2. The van der Waals surface area contributed by atoms with Gasteiger partial charge in [0.2, 0.25) is 0 Å². The molecule has 0 radical (unpaired) electrons. The number of pyridine rings is 2. The Morgan fingerprint density at radius 1 is 0.806 bits per heavy atom. The second kappa shape index (κ2) is 10.3. The summed E-state index contributed by atoms with van der Waals surface area (Å²) in [6.07, 6.45) is 12.6. The highest BCUT2D eigenvalue weighted by molar-refractivity contribution is 8.00. The molecule has 0 amide bonds. The molecule has 2 aromatic heterocycles. The van der Waals surface area contributed by atoms with Gasteiger partial charge in [-0.1, -0.05) is 24.4 Å². The van der Waals surface area contributed by atoms with Crippen molar-refractivity contribution in [2.75, 3.05) is 11.5 Å². The van der Waals surface area contributed by atoms with E-state index in [0.717, 1.165) is 82.2 Å². The Bertz CT molecular complexity index is 1210. The van der Waals surface area contributed by atoms with Gasteiger partial charge in [0.15, 0.2) is 0 Å². The Morgan fingerprint density at radius 3 is 1.61 bits per heavy atom. The molecule has 9 heteroatoms. The predicted molar refractivity (Wildman–Crippen MR) is 162 cm³/mol. The third-order valence-electron chi connectivity index (χ3n) is 8.69. The van der Waals surface area contributed by atoms with Gasteiger partial charge in [-0.25, -0.2) is 0 Å². The summed E-state index contributed by atoms with van der Waals surface area (Å²) in [7, 11) is 0. The quantitative estimate of drug-likeness (QED) is 0.192. The Hall–Kier alpha value is 0.1000. The van der Waals surface area contributed by atoms with Crippen LogP contribution in [0.5, 0.6) is 0 Å². The molecule has 2 aliphatic carbocycles. The fourth-order valence-electron chi connectivity index (χ4n) is 6.33. The molecular weight excluding hydrogens is 561 g/mol. The standard InChI is InChI=1S/C27H34N2OS6/c30-17(3-1-7-26(9-10-26)28-22(31)15-20-18(24(28)33)5-13-35-20)4-2-8-27(11-12-27)29-23(32)16-21-19(25(29)34)6-14-36-21/h15-17,30,33-34H,1-14H2. The highest BCUT2D eigenvalue weighted by Gasteiger charge is 2.46. The van der Waals surface area contributed by atoms with Crippen LogP contribution in [0.4, 0.5) is 0 Å². The Balaban J connectivity index is 1.03. The topological polar surface area (TPSA) is 30.1 Å². The Kier molecular flexibility index (Phi) is 7.50. The zero-order valence-corrected chi connectivity index (χ0v) is 25.6. The zero-order valence-electron chi connectivity index (χ0n) is 20.5. The lowest BCUT2D eigenvalue weighted by Gasteiger charge is -2.25. The third-order valence-corrected chi connectivity index (χ3v) is 12.4. The first-order chi connectivity index (χ1) is 17.3. The van der Waals surface area contributed by atoms with Crippen LogP contribution < -0.4 is 0 Å². The van der Waals surface area contributed by atoms with Crippen LogP contribution >= 0.6 is 73.2 Å². The molecule has 36 heavy (non-hydrogen) atoms. The van der Waals surface area contributed by atoms with Gasteiger partial charge in [0, 0.05) is 32.4 Å². The molecule has 0 spiro atoms. The number of aliphatic hydroxyl groups is 1. The summed E-state index contributed by atoms with van der Waals surface area (Å²) in [5, 5.41) is 13.0. The molecule has 2 aromatic rings. The van der Waals surface area contributed by atoms with E-state index in [9.17, 15) is 5.11 Å². The number of thioether (sulfide) groups is 2. The normalized spacial score (nSPS) is 20.6. The van der Waals surface area contributed by atoms with Crippen molar-refractivity contribution in [1.82, 2.24) is 9.13 Å². The van der Waals surface area contributed by atoms with Crippen LogP contribution in [0.3, 0.4) is 0 Å². The van der Waals surface area contributed by atoms with Crippen LogP contribution in [-0.2, 0) is 23.9 Å². The van der Waals surface area contributed by atoms with Crippen LogP contribution in [0.25, 0.3) is 0 Å². The fraction of sp³-hybridized carbons (Fsp3) is 0.630. The minimum Gasteiger partial charge on any atom is -0.393 e. The first-order valence-corrected chi connectivity index (χ1v) is 16.9. The predicted octanol–water partition coefficient (Wildman–Crippen LogP) is 8.00. The summed E-state index contributed by atoms with van der Waals surface area (Å²) in [4.78, 5) is 2.65. The summed E-state index contributed by atoms with van der Waals surface area (Å²) in [5.41, 5.74) is 3.01. The maximum absolute atomic E-state index is 10.8. The minimum atomic E-state index is -0.240. The van der Waals surface area contributed by atoms with Crippen molar-refractivity contribution in [3.63, 3.8) is 0 Å². The van der Waals surface area contributed by atoms with Crippen LogP contribution in [0, 0.1) is 9.28 Å². The van der Waals surface area contributed by atoms with Gasteiger partial charge in [0.25, 0.3) is 0 Å². The molecule has 2 saturated carbocycles. The monoisotopic (exact) mass is 594 g/mol. The van der Waals surface area contributed by atoms with Crippen molar-refractivity contribution >= 4 is 73.2 Å². The van der Waals surface area contributed by atoms with Crippen LogP contribution in [0.2, 0.25) is 0 Å². The lowest BCUT2D eigenvalue weighted by Crippen LogP contribution is -2.22. The Morgan fingerprint density at radius 2 is 1.22 bits per heavy atom. The van der Waals surface area contributed by atoms with Crippen molar-refractivity contribution in [2.24, 2.45) is 0 Å². The van der Waals surface area contributed by atoms with E-state index < -0.39 is 0 Å². The molecule has 0 unspecified atom stereocenters. The first-order valence-electron chi connectivity index (χ1n) is 13.2. The van der Waals surface area contributed by atoms with E-state index in [1.807, 2.05) is 23.5 Å². The number of rotatable bonds is 10. The number of nitrogens with zero attached hydrogens (tertiary/aromatic N) is 2. The molecule has 3 nitrogen and oxygen atoms in total. The van der Waals surface area contributed by atoms with Gasteiger partial charge in [0.05, 0.1) is 16.2 Å². The zero-order chi connectivity index (χ0) is 25.1. The molecular formula is C27H34N2OS6. The van der Waals surface area contributed by atoms with E-state index in [-0.39, 0.29) is 17.2 Å². The summed E-state index contributed by atoms with van der Waals surface area (Å²) in [6.45, 7) is 0. The van der Waals surface area contributed by atoms with E-state index in [0.29, 0.717) is 0 Å². The lowest BCUT2D eigenvalue weighted by molar-refractivity contribution is 0.142. The number of hydrogen-bond acceptors (Lipinski definition) is 7. The van der Waals surface area contributed by atoms with Gasteiger partial charge >= 0.3 is 0 Å². The molecule has 4 aliphatic rings. The number of hydrogen-bond donors (Lipinski definition) is 3. The third kappa shape index (κ3) is 4.81. The lowest BCUT2D eigenvalue weighted by atomic mass is 9.99. The van der Waals surface area contributed by atoms with Gasteiger partial charge in [0.1, 0.15) is 9.28 Å². The minimum absolute atomic E-state index is 0.125. The largest absolute Gasteiger partial charge is 0.393 e. The second-order valence-electron chi connectivity index (χ2n) is 11.1. The smallest absolute Gasteiger partial charge is 0.108 e. The van der Waals surface area contributed by atoms with Gasteiger partial charge in [-0.05, 0) is 100 Å². The van der Waals surface area contributed by atoms with E-state index >= 15 is 0 Å². The number of aliphatic hydroxyl groups excluding tert-OH is 1. The Labute approximate surface area is 244 Å². The summed E-state index contributed by atoms with van der Waals surface area (Å²) < 4.78 is 6.53. The number of fused-ring (bicyclic) bond motifs is 2. The van der Waals surface area contributed by atoms with Crippen molar-refractivity contribution in [1.29, 1.82) is 0 Å². The van der Waals surface area contributed by atoms with Crippen LogP contribution in [-0.4, -0.2) is 31.9 Å². The van der Waals surface area contributed by atoms with E-state index in [1.54, 1.807) is 0 Å². The van der Waals surface area contributed by atoms with Crippen molar-refractivity contribution < 1.29 is 5.11 Å². The average Bonchev–Trinajstić information content (AvgIpc) is 3.66. The summed E-state index contributed by atoms with van der Waals surface area (Å²) in [6, 6.07) is 4.38. The van der Waals surface area contributed by atoms with Gasteiger partial charge in [-0.2, -0.15) is 0 Å². The fourth-order valence-corrected chi connectivity index (χ4v) is 10.9. The molecule has 6 rings (SSSR count). The highest BCUT2D eigenvalue weighted by atomic mass is 32.2. The molecule has 0 bridgehead atoms. The second-order valence-corrected chi connectivity index (χ2v) is 15.0. The van der Waals surface area contributed by atoms with E-state index in [1.165, 1.54) is 46.6 Å². The summed E-state index contributed by atoms with van der Waals surface area (Å²) >= 11 is 25.2. The summed E-state index contributed by atoms with van der Waals surface area (Å²) in [5.74, 6) is 2.27. The van der Waals surface area contributed by atoms with E-state index in [4.69, 9.17) is 49.7 Å². The van der Waals surface area contributed by atoms with E-state index in [2.05, 4.69) is 21.3 Å². The number of thiol groups is 2.